The predicted molar refractivity (Wildman–Crippen MR) is 71.4 cm³/mol. The number of nitrogens with one attached hydrogen (secondary N) is 2. The number of carboxylic acid groups (broad SMARTS) is 1. The Morgan fingerprint density at radius 1 is 1.60 bits per heavy atom. The van der Waals surface area contributed by atoms with Gasteiger partial charge < -0.3 is 15.4 Å². The molecule has 2 aromatic rings. The number of rotatable bonds is 5. The molecule has 0 aromatic carbocycles. The SMILES string of the molecule is CCc1nc(NC(C(=O)O)c2cnn(C)c2)cc(=O)[nH]1. The number of aromatic nitrogens is 4. The standard InChI is InChI=1S/C12H15N5O3/c1-3-8-14-9(4-10(18)15-8)16-11(12(19)20)7-5-13-17(2)6-7/h4-6,11H,3H2,1-2H3,(H,19,20)(H2,14,15,16,18). The Kier molecular flexibility index (Phi) is 3.83. The van der Waals surface area contributed by atoms with E-state index in [9.17, 15) is 14.7 Å². The molecule has 2 aromatic heterocycles. The molecule has 8 nitrogen and oxygen atoms in total. The maximum atomic E-state index is 11.5. The highest BCUT2D eigenvalue weighted by atomic mass is 16.4. The second-order valence-electron chi connectivity index (χ2n) is 4.29. The summed E-state index contributed by atoms with van der Waals surface area (Å²) in [6.07, 6.45) is 3.61. The molecule has 0 radical (unpaired) electrons. The fourth-order valence-electron chi connectivity index (χ4n) is 1.77. The minimum absolute atomic E-state index is 0.224. The first-order valence-corrected chi connectivity index (χ1v) is 6.07. The molecule has 1 unspecified atom stereocenters. The third-order valence-corrected chi connectivity index (χ3v) is 2.72. The molecule has 8 heteroatoms. The summed E-state index contributed by atoms with van der Waals surface area (Å²) in [5, 5.41) is 16.0. The van der Waals surface area contributed by atoms with Crippen molar-refractivity contribution >= 4 is 11.8 Å². The van der Waals surface area contributed by atoms with Crippen LogP contribution in [0.25, 0.3) is 0 Å². The van der Waals surface area contributed by atoms with Gasteiger partial charge in [-0.25, -0.2) is 9.78 Å². The van der Waals surface area contributed by atoms with Crippen LogP contribution >= 0.6 is 0 Å². The molecule has 0 spiro atoms. The predicted octanol–water partition coefficient (Wildman–Crippen LogP) is 0.304. The van der Waals surface area contributed by atoms with Gasteiger partial charge in [0.1, 0.15) is 11.6 Å². The number of hydrogen-bond acceptors (Lipinski definition) is 5. The van der Waals surface area contributed by atoms with Crippen molar-refractivity contribution in [2.24, 2.45) is 7.05 Å². The fraction of sp³-hybridized carbons (Fsp3) is 0.333. The molecule has 1 atom stereocenters. The summed E-state index contributed by atoms with van der Waals surface area (Å²) >= 11 is 0. The largest absolute Gasteiger partial charge is 0.479 e. The molecule has 106 valence electrons. The summed E-state index contributed by atoms with van der Waals surface area (Å²) < 4.78 is 1.51. The zero-order valence-corrected chi connectivity index (χ0v) is 11.1. The molecule has 0 bridgehead atoms. The molecule has 0 aliphatic heterocycles. The Labute approximate surface area is 114 Å². The van der Waals surface area contributed by atoms with Crippen molar-refractivity contribution in [1.82, 2.24) is 19.7 Å². The zero-order chi connectivity index (χ0) is 14.7. The molecule has 3 N–H and O–H groups in total. The second-order valence-corrected chi connectivity index (χ2v) is 4.29. The molecule has 0 saturated carbocycles. The Morgan fingerprint density at radius 3 is 2.90 bits per heavy atom. The van der Waals surface area contributed by atoms with Gasteiger partial charge in [0.15, 0.2) is 6.04 Å². The van der Waals surface area contributed by atoms with E-state index in [0.29, 0.717) is 17.8 Å². The molecule has 0 amide bonds. The van der Waals surface area contributed by atoms with Crippen molar-refractivity contribution in [3.63, 3.8) is 0 Å². The maximum absolute atomic E-state index is 11.5. The minimum Gasteiger partial charge on any atom is -0.479 e. The van der Waals surface area contributed by atoms with Gasteiger partial charge in [-0.15, -0.1) is 0 Å². The first-order valence-electron chi connectivity index (χ1n) is 6.07. The normalized spacial score (nSPS) is 12.1. The average Bonchev–Trinajstić information content (AvgIpc) is 2.81. The summed E-state index contributed by atoms with van der Waals surface area (Å²) in [5.74, 6) is -0.352. The summed E-state index contributed by atoms with van der Waals surface area (Å²) in [5.41, 5.74) is 0.162. The van der Waals surface area contributed by atoms with Crippen molar-refractivity contribution in [2.75, 3.05) is 5.32 Å². The van der Waals surface area contributed by atoms with E-state index >= 15 is 0 Å². The van der Waals surface area contributed by atoms with Gasteiger partial charge in [-0.05, 0) is 0 Å². The average molecular weight is 277 g/mol. The Morgan fingerprint density at radius 2 is 2.35 bits per heavy atom. The second kappa shape index (κ2) is 5.55. The molecule has 0 aliphatic carbocycles. The van der Waals surface area contributed by atoms with Crippen LogP contribution in [0.5, 0.6) is 0 Å². The van der Waals surface area contributed by atoms with E-state index < -0.39 is 12.0 Å². The van der Waals surface area contributed by atoms with Crippen molar-refractivity contribution in [3.05, 3.63) is 40.2 Å². The van der Waals surface area contributed by atoms with Crippen LogP contribution in [-0.2, 0) is 18.3 Å². The van der Waals surface area contributed by atoms with Crippen molar-refractivity contribution < 1.29 is 9.90 Å². The summed E-state index contributed by atoms with van der Waals surface area (Å²) in [7, 11) is 1.70. The van der Waals surface area contributed by atoms with E-state index in [1.54, 1.807) is 13.2 Å². The van der Waals surface area contributed by atoms with Crippen LogP contribution in [0.3, 0.4) is 0 Å². The van der Waals surface area contributed by atoms with E-state index in [0.717, 1.165) is 0 Å². The summed E-state index contributed by atoms with van der Waals surface area (Å²) in [4.78, 5) is 29.5. The van der Waals surface area contributed by atoms with Crippen LogP contribution in [0.15, 0.2) is 23.3 Å². The van der Waals surface area contributed by atoms with Crippen LogP contribution in [0.2, 0.25) is 0 Å². The maximum Gasteiger partial charge on any atom is 0.330 e. The van der Waals surface area contributed by atoms with Crippen LogP contribution < -0.4 is 10.9 Å². The molecular weight excluding hydrogens is 262 g/mol. The Bertz CT molecular complexity index is 676. The van der Waals surface area contributed by atoms with Crippen molar-refractivity contribution in [3.8, 4) is 0 Å². The van der Waals surface area contributed by atoms with Gasteiger partial charge >= 0.3 is 5.97 Å². The lowest BCUT2D eigenvalue weighted by Gasteiger charge is -2.13. The quantitative estimate of drug-likeness (QED) is 0.724. The lowest BCUT2D eigenvalue weighted by molar-refractivity contribution is -0.138. The lowest BCUT2D eigenvalue weighted by Crippen LogP contribution is -2.22. The Balaban J connectivity index is 2.31. The smallest absolute Gasteiger partial charge is 0.330 e. The molecule has 2 rings (SSSR count). The van der Waals surface area contributed by atoms with Gasteiger partial charge in [-0.2, -0.15) is 5.10 Å². The van der Waals surface area contributed by atoms with Crippen LogP contribution in [0.4, 0.5) is 5.82 Å². The lowest BCUT2D eigenvalue weighted by atomic mass is 10.1. The number of H-pyrrole nitrogens is 1. The van der Waals surface area contributed by atoms with E-state index in [1.165, 1.54) is 16.9 Å². The number of aryl methyl sites for hydroxylation is 2. The number of carboxylic acids is 1. The molecule has 20 heavy (non-hydrogen) atoms. The van der Waals surface area contributed by atoms with E-state index in [1.807, 2.05) is 6.92 Å². The highest BCUT2D eigenvalue weighted by Crippen LogP contribution is 2.17. The highest BCUT2D eigenvalue weighted by molar-refractivity contribution is 5.78. The Hall–Kier alpha value is -2.64. The zero-order valence-electron chi connectivity index (χ0n) is 11.1. The van der Waals surface area contributed by atoms with Gasteiger partial charge in [-0.3, -0.25) is 9.48 Å². The van der Waals surface area contributed by atoms with Crippen LogP contribution in [0.1, 0.15) is 24.4 Å². The molecular formula is C12H15N5O3. The number of carbonyl (C=O) groups is 1. The molecule has 2 heterocycles. The van der Waals surface area contributed by atoms with Gasteiger partial charge in [0.25, 0.3) is 5.56 Å². The van der Waals surface area contributed by atoms with Crippen LogP contribution in [0, 0.1) is 0 Å². The number of aliphatic carboxylic acids is 1. The van der Waals surface area contributed by atoms with Gasteiger partial charge in [0, 0.05) is 31.3 Å². The van der Waals surface area contributed by atoms with Crippen molar-refractivity contribution in [1.29, 1.82) is 0 Å². The third-order valence-electron chi connectivity index (χ3n) is 2.72. The summed E-state index contributed by atoms with van der Waals surface area (Å²) in [6, 6.07) is 0.216. The fourth-order valence-corrected chi connectivity index (χ4v) is 1.77. The first kappa shape index (κ1) is 13.8. The summed E-state index contributed by atoms with van der Waals surface area (Å²) in [6.45, 7) is 1.85. The number of anilines is 1. The van der Waals surface area contributed by atoms with Crippen LogP contribution in [-0.4, -0.2) is 30.8 Å². The highest BCUT2D eigenvalue weighted by Gasteiger charge is 2.22. The van der Waals surface area contributed by atoms with Gasteiger partial charge in [0.2, 0.25) is 0 Å². The first-order chi connectivity index (χ1) is 9.49. The van der Waals surface area contributed by atoms with Crippen molar-refractivity contribution in [2.45, 2.75) is 19.4 Å². The minimum atomic E-state index is -1.07. The van der Waals surface area contributed by atoms with E-state index in [2.05, 4.69) is 20.4 Å². The molecule has 0 fully saturated rings. The monoisotopic (exact) mass is 277 g/mol. The topological polar surface area (TPSA) is 113 Å². The molecule has 0 saturated heterocycles. The third kappa shape index (κ3) is 3.02. The number of aromatic amines is 1. The molecule has 0 aliphatic rings. The number of hydrogen-bond donors (Lipinski definition) is 3. The number of nitrogens with zero attached hydrogens (tertiary/aromatic N) is 3. The van der Waals surface area contributed by atoms with Gasteiger partial charge in [0.05, 0.1) is 6.20 Å². The van der Waals surface area contributed by atoms with Gasteiger partial charge in [-0.1, -0.05) is 6.92 Å². The van der Waals surface area contributed by atoms with E-state index in [-0.39, 0.29) is 11.4 Å². The van der Waals surface area contributed by atoms with E-state index in [4.69, 9.17) is 0 Å².